The van der Waals surface area contributed by atoms with Crippen LogP contribution in [0.1, 0.15) is 23.1 Å². The van der Waals surface area contributed by atoms with Crippen LogP contribution < -0.4 is 5.90 Å². The molecule has 2 N–H and O–H groups in total. The van der Waals surface area contributed by atoms with Crippen LogP contribution in [-0.2, 0) is 24.1 Å². The van der Waals surface area contributed by atoms with Crippen LogP contribution in [0.3, 0.4) is 0 Å². The van der Waals surface area contributed by atoms with E-state index in [1.807, 2.05) is 0 Å². The number of rotatable bonds is 3. The van der Waals surface area contributed by atoms with Crippen molar-refractivity contribution in [1.82, 2.24) is 0 Å². The van der Waals surface area contributed by atoms with Crippen molar-refractivity contribution in [2.75, 3.05) is 6.61 Å². The molecule has 14 heavy (non-hydrogen) atoms. The van der Waals surface area contributed by atoms with Crippen molar-refractivity contribution < 1.29 is 4.84 Å². The summed E-state index contributed by atoms with van der Waals surface area (Å²) in [4.78, 5) is 4.59. The number of halogens is 1. The van der Waals surface area contributed by atoms with Gasteiger partial charge in [0.2, 0.25) is 0 Å². The van der Waals surface area contributed by atoms with Gasteiger partial charge in [0.25, 0.3) is 0 Å². The third-order valence-electron chi connectivity index (χ3n) is 2.73. The van der Waals surface area contributed by atoms with E-state index in [1.54, 1.807) is 0 Å². The topological polar surface area (TPSA) is 35.2 Å². The van der Waals surface area contributed by atoms with E-state index in [9.17, 15) is 0 Å². The van der Waals surface area contributed by atoms with Crippen LogP contribution >= 0.6 is 15.9 Å². The van der Waals surface area contributed by atoms with Gasteiger partial charge in [-0.25, -0.2) is 5.90 Å². The first-order valence-corrected chi connectivity index (χ1v) is 5.72. The average molecular weight is 256 g/mol. The highest BCUT2D eigenvalue weighted by molar-refractivity contribution is 9.10. The van der Waals surface area contributed by atoms with Crippen LogP contribution in [0.2, 0.25) is 0 Å². The van der Waals surface area contributed by atoms with E-state index in [-0.39, 0.29) is 0 Å². The van der Waals surface area contributed by atoms with Crippen LogP contribution in [0.15, 0.2) is 16.6 Å². The molecule has 2 nitrogen and oxygen atoms in total. The SMILES string of the molecule is NOCCc1cc(Br)c2c(c1)CCC2. The van der Waals surface area contributed by atoms with E-state index in [0.29, 0.717) is 6.61 Å². The van der Waals surface area contributed by atoms with Gasteiger partial charge in [0, 0.05) is 4.47 Å². The van der Waals surface area contributed by atoms with Crippen LogP contribution in [-0.4, -0.2) is 6.61 Å². The lowest BCUT2D eigenvalue weighted by atomic mass is 10.0. The van der Waals surface area contributed by atoms with Gasteiger partial charge in [-0.05, 0) is 48.4 Å². The number of hydrogen-bond acceptors (Lipinski definition) is 2. The molecule has 0 saturated carbocycles. The van der Waals surface area contributed by atoms with Crippen molar-refractivity contribution in [3.05, 3.63) is 33.3 Å². The molecule has 1 aromatic rings. The summed E-state index contributed by atoms with van der Waals surface area (Å²) in [5, 5.41) is 0. The normalized spacial score (nSPS) is 14.4. The molecule has 1 aromatic carbocycles. The van der Waals surface area contributed by atoms with Crippen molar-refractivity contribution in [3.8, 4) is 0 Å². The molecule has 0 atom stereocenters. The molecule has 0 radical (unpaired) electrons. The molecule has 0 heterocycles. The molecular weight excluding hydrogens is 242 g/mol. The first-order valence-electron chi connectivity index (χ1n) is 4.93. The molecule has 0 aromatic heterocycles. The maximum atomic E-state index is 5.02. The second-order valence-electron chi connectivity index (χ2n) is 3.69. The van der Waals surface area contributed by atoms with Gasteiger partial charge in [-0.3, -0.25) is 0 Å². The number of benzene rings is 1. The van der Waals surface area contributed by atoms with Gasteiger partial charge in [0.1, 0.15) is 0 Å². The minimum absolute atomic E-state index is 0.589. The fourth-order valence-electron chi connectivity index (χ4n) is 2.04. The standard InChI is InChI=1S/C11H14BrNO/c12-11-7-8(4-5-14-13)6-9-2-1-3-10(9)11/h6-7H,1-5,13H2. The molecule has 0 amide bonds. The summed E-state index contributed by atoms with van der Waals surface area (Å²) in [5.41, 5.74) is 4.29. The third kappa shape index (κ3) is 2.00. The summed E-state index contributed by atoms with van der Waals surface area (Å²) in [6.45, 7) is 0.589. The van der Waals surface area contributed by atoms with Crippen LogP contribution in [0, 0.1) is 0 Å². The van der Waals surface area contributed by atoms with Crippen molar-refractivity contribution in [2.45, 2.75) is 25.7 Å². The Kier molecular flexibility index (Phi) is 3.21. The number of hydrogen-bond donors (Lipinski definition) is 1. The molecule has 1 aliphatic rings. The Labute approximate surface area is 92.5 Å². The van der Waals surface area contributed by atoms with Crippen LogP contribution in [0.5, 0.6) is 0 Å². The summed E-state index contributed by atoms with van der Waals surface area (Å²) in [6, 6.07) is 4.47. The van der Waals surface area contributed by atoms with E-state index in [0.717, 1.165) is 6.42 Å². The molecule has 76 valence electrons. The molecule has 3 heteroatoms. The predicted octanol–water partition coefficient (Wildman–Crippen LogP) is 2.37. The molecule has 0 saturated heterocycles. The molecule has 0 spiro atoms. The molecule has 1 aliphatic carbocycles. The number of fused-ring (bicyclic) bond motifs is 1. The van der Waals surface area contributed by atoms with Gasteiger partial charge < -0.3 is 4.84 Å². The smallest absolute Gasteiger partial charge is 0.0719 e. The lowest BCUT2D eigenvalue weighted by Gasteiger charge is -2.06. The Morgan fingerprint density at radius 2 is 2.21 bits per heavy atom. The third-order valence-corrected chi connectivity index (χ3v) is 3.44. The Bertz CT molecular complexity index is 338. The molecule has 0 fully saturated rings. The minimum Gasteiger partial charge on any atom is -0.304 e. The first kappa shape index (κ1) is 10.1. The fraction of sp³-hybridized carbons (Fsp3) is 0.455. The van der Waals surface area contributed by atoms with Crippen molar-refractivity contribution in [3.63, 3.8) is 0 Å². The van der Waals surface area contributed by atoms with Crippen LogP contribution in [0.25, 0.3) is 0 Å². The monoisotopic (exact) mass is 255 g/mol. The summed E-state index contributed by atoms with van der Waals surface area (Å²) >= 11 is 3.62. The van der Waals surface area contributed by atoms with E-state index in [1.165, 1.54) is 40.4 Å². The van der Waals surface area contributed by atoms with Gasteiger partial charge in [-0.1, -0.05) is 22.0 Å². The Balaban J connectivity index is 2.23. The summed E-state index contributed by atoms with van der Waals surface area (Å²) < 4.78 is 1.25. The van der Waals surface area contributed by atoms with Gasteiger partial charge in [0.05, 0.1) is 6.61 Å². The van der Waals surface area contributed by atoms with E-state index >= 15 is 0 Å². The van der Waals surface area contributed by atoms with E-state index in [2.05, 4.69) is 32.9 Å². The molecule has 0 unspecified atom stereocenters. The second kappa shape index (κ2) is 4.43. The van der Waals surface area contributed by atoms with Gasteiger partial charge in [0.15, 0.2) is 0 Å². The average Bonchev–Trinajstić information content (AvgIpc) is 2.63. The van der Waals surface area contributed by atoms with E-state index in [4.69, 9.17) is 5.90 Å². The Hall–Kier alpha value is -0.380. The highest BCUT2D eigenvalue weighted by Crippen LogP contribution is 2.30. The summed E-state index contributed by atoms with van der Waals surface area (Å²) in [7, 11) is 0. The van der Waals surface area contributed by atoms with Gasteiger partial charge in [-0.2, -0.15) is 0 Å². The number of nitrogens with two attached hydrogens (primary N) is 1. The molecule has 2 rings (SSSR count). The lowest BCUT2D eigenvalue weighted by Crippen LogP contribution is -2.04. The summed E-state index contributed by atoms with van der Waals surface area (Å²) in [6.07, 6.45) is 4.60. The summed E-state index contributed by atoms with van der Waals surface area (Å²) in [5.74, 6) is 5.02. The molecular formula is C11H14BrNO. The fourth-order valence-corrected chi connectivity index (χ4v) is 2.78. The zero-order valence-electron chi connectivity index (χ0n) is 8.05. The zero-order chi connectivity index (χ0) is 9.97. The largest absolute Gasteiger partial charge is 0.304 e. The predicted molar refractivity (Wildman–Crippen MR) is 60.0 cm³/mol. The lowest BCUT2D eigenvalue weighted by molar-refractivity contribution is 0.141. The first-order chi connectivity index (χ1) is 6.81. The highest BCUT2D eigenvalue weighted by atomic mass is 79.9. The highest BCUT2D eigenvalue weighted by Gasteiger charge is 2.14. The maximum Gasteiger partial charge on any atom is 0.0719 e. The van der Waals surface area contributed by atoms with Crippen molar-refractivity contribution >= 4 is 15.9 Å². The maximum absolute atomic E-state index is 5.02. The van der Waals surface area contributed by atoms with E-state index < -0.39 is 0 Å². The van der Waals surface area contributed by atoms with Crippen LogP contribution in [0.4, 0.5) is 0 Å². The van der Waals surface area contributed by atoms with Crippen molar-refractivity contribution in [2.24, 2.45) is 5.90 Å². The quantitative estimate of drug-likeness (QED) is 0.842. The molecule has 0 bridgehead atoms. The second-order valence-corrected chi connectivity index (χ2v) is 4.54. The zero-order valence-corrected chi connectivity index (χ0v) is 9.64. The van der Waals surface area contributed by atoms with Crippen molar-refractivity contribution in [1.29, 1.82) is 0 Å². The Morgan fingerprint density at radius 1 is 1.36 bits per heavy atom. The minimum atomic E-state index is 0.589. The molecule has 0 aliphatic heterocycles. The Morgan fingerprint density at radius 3 is 3.00 bits per heavy atom. The number of aryl methyl sites for hydroxylation is 1. The van der Waals surface area contributed by atoms with Gasteiger partial charge >= 0.3 is 0 Å². The van der Waals surface area contributed by atoms with Gasteiger partial charge in [-0.15, -0.1) is 0 Å².